The van der Waals surface area contributed by atoms with Gasteiger partial charge in [0.2, 0.25) is 35.4 Å². The Hall–Kier alpha value is -3.62. The van der Waals surface area contributed by atoms with Crippen LogP contribution < -0.4 is 26.6 Å². The van der Waals surface area contributed by atoms with Crippen molar-refractivity contribution in [2.24, 2.45) is 11.3 Å². The highest BCUT2D eigenvalue weighted by molar-refractivity contribution is 8.00. The first-order chi connectivity index (χ1) is 29.2. The molecule has 20 heteroatoms. The molecule has 1 unspecified atom stereocenters. The predicted molar refractivity (Wildman–Crippen MR) is 242 cm³/mol. The molecule has 0 fully saturated rings. The zero-order chi connectivity index (χ0) is 46.9. The smallest absolute Gasteiger partial charge is 0.326 e. The standard InChI is InChI=1S/C42H76N6O12S2/c1-30(2)61-28-36(51)44-19-21-48(22-20-45-37(52)29-62-31(3)4)38(53)14-13-34(49)46-27-32(5)15-23-59-25-26-60-24-16-35(50)43-18-9-8-11-33(40(56)57)47-41(58)42(6,7)17-10-12-39(54)55/h30-33H,8-29H2,1-7H3,(H,43,50)(H,44,51)(H,45,52)(H,46,49)(H,47,58)(H,54,55)(H,56,57)/t32?,33-/m0/s1. The van der Waals surface area contributed by atoms with Gasteiger partial charge >= 0.3 is 11.9 Å². The molecule has 0 saturated heterocycles. The summed E-state index contributed by atoms with van der Waals surface area (Å²) in [4.78, 5) is 98.7. The van der Waals surface area contributed by atoms with Gasteiger partial charge < -0.3 is 51.2 Å². The van der Waals surface area contributed by atoms with Crippen LogP contribution >= 0.6 is 23.5 Å². The van der Waals surface area contributed by atoms with Crippen LogP contribution in [0.2, 0.25) is 0 Å². The highest BCUT2D eigenvalue weighted by Gasteiger charge is 2.31. The molecule has 0 bridgehead atoms. The van der Waals surface area contributed by atoms with E-state index in [0.717, 1.165) is 0 Å². The minimum atomic E-state index is -1.16. The molecule has 6 amide bonds. The maximum atomic E-state index is 13.1. The maximum Gasteiger partial charge on any atom is 0.326 e. The molecule has 0 spiro atoms. The molecule has 0 rings (SSSR count). The van der Waals surface area contributed by atoms with E-state index in [9.17, 15) is 43.5 Å². The van der Waals surface area contributed by atoms with Gasteiger partial charge in [0.25, 0.3) is 0 Å². The molecule has 0 saturated carbocycles. The normalized spacial score (nSPS) is 12.3. The number of hydrogen-bond donors (Lipinski definition) is 7. The molecule has 0 radical (unpaired) electrons. The van der Waals surface area contributed by atoms with Gasteiger partial charge in [-0.25, -0.2) is 4.79 Å². The number of thioether (sulfide) groups is 2. The number of carboxylic acids is 2. The van der Waals surface area contributed by atoms with Gasteiger partial charge in [-0.15, -0.1) is 23.5 Å². The number of carboxylic acid groups (broad SMARTS) is 2. The Morgan fingerprint density at radius 1 is 0.613 bits per heavy atom. The lowest BCUT2D eigenvalue weighted by atomic mass is 9.85. The van der Waals surface area contributed by atoms with E-state index in [0.29, 0.717) is 87.0 Å². The van der Waals surface area contributed by atoms with Crippen LogP contribution in [0.3, 0.4) is 0 Å². The molecule has 18 nitrogen and oxygen atoms in total. The summed E-state index contributed by atoms with van der Waals surface area (Å²) >= 11 is 3.06. The predicted octanol–water partition coefficient (Wildman–Crippen LogP) is 2.81. The van der Waals surface area contributed by atoms with Gasteiger partial charge in [-0.2, -0.15) is 0 Å². The average Bonchev–Trinajstić information content (AvgIpc) is 3.19. The fraction of sp³-hybridized carbons (Fsp3) is 0.810. The number of unbranched alkanes of at least 4 members (excludes halogenated alkanes) is 1. The third-order valence-corrected chi connectivity index (χ3v) is 11.5. The van der Waals surface area contributed by atoms with Gasteiger partial charge in [-0.3, -0.25) is 33.6 Å². The number of ether oxygens (including phenoxy) is 2. The Morgan fingerprint density at radius 2 is 1.16 bits per heavy atom. The number of carbonyl (C=O) groups excluding carboxylic acids is 6. The highest BCUT2D eigenvalue weighted by Crippen LogP contribution is 2.24. The van der Waals surface area contributed by atoms with E-state index >= 15 is 0 Å². The lowest BCUT2D eigenvalue weighted by molar-refractivity contribution is -0.143. The summed E-state index contributed by atoms with van der Waals surface area (Å²) in [7, 11) is 0. The summed E-state index contributed by atoms with van der Waals surface area (Å²) in [5.41, 5.74) is -0.908. The molecule has 7 N–H and O–H groups in total. The van der Waals surface area contributed by atoms with Crippen molar-refractivity contribution in [1.29, 1.82) is 0 Å². The molecule has 0 aromatic carbocycles. The molecule has 0 aromatic rings. The maximum absolute atomic E-state index is 13.1. The lowest BCUT2D eigenvalue weighted by Gasteiger charge is -2.25. The molecule has 0 heterocycles. The fourth-order valence-electron chi connectivity index (χ4n) is 5.43. The van der Waals surface area contributed by atoms with E-state index in [1.165, 1.54) is 23.5 Å². The minimum absolute atomic E-state index is 0.00312. The van der Waals surface area contributed by atoms with Crippen molar-refractivity contribution in [2.75, 3.05) is 77.2 Å². The number of hydrogen-bond acceptors (Lipinski definition) is 12. The molecule has 0 aromatic heterocycles. The van der Waals surface area contributed by atoms with Crippen molar-refractivity contribution >= 4 is 70.9 Å². The van der Waals surface area contributed by atoms with Crippen LogP contribution in [0.25, 0.3) is 0 Å². The van der Waals surface area contributed by atoms with E-state index in [-0.39, 0.29) is 100 Å². The Balaban J connectivity index is 4.27. The molecule has 358 valence electrons. The summed E-state index contributed by atoms with van der Waals surface area (Å²) in [6.45, 7) is 16.4. The third-order valence-electron chi connectivity index (χ3n) is 9.32. The first-order valence-corrected chi connectivity index (χ1v) is 23.8. The largest absolute Gasteiger partial charge is 0.481 e. The number of nitrogens with zero attached hydrogens (tertiary/aromatic N) is 1. The molecule has 62 heavy (non-hydrogen) atoms. The summed E-state index contributed by atoms with van der Waals surface area (Å²) in [6.07, 6.45) is 2.56. The molecule has 2 atom stereocenters. The van der Waals surface area contributed by atoms with Crippen LogP contribution in [0.1, 0.15) is 113 Å². The summed E-state index contributed by atoms with van der Waals surface area (Å²) in [5, 5.41) is 32.9. The quantitative estimate of drug-likeness (QED) is 0.0440. The van der Waals surface area contributed by atoms with Gasteiger partial charge in [0.15, 0.2) is 0 Å². The Labute approximate surface area is 377 Å². The first kappa shape index (κ1) is 58.4. The van der Waals surface area contributed by atoms with Crippen molar-refractivity contribution < 1.29 is 58.0 Å². The van der Waals surface area contributed by atoms with Crippen molar-refractivity contribution in [1.82, 2.24) is 31.5 Å². The van der Waals surface area contributed by atoms with E-state index < -0.39 is 29.3 Å². The monoisotopic (exact) mass is 920 g/mol. The zero-order valence-electron chi connectivity index (χ0n) is 38.1. The number of nitrogens with one attached hydrogen (secondary N) is 5. The van der Waals surface area contributed by atoms with Crippen molar-refractivity contribution in [3.8, 4) is 0 Å². The first-order valence-electron chi connectivity index (χ1n) is 21.7. The van der Waals surface area contributed by atoms with Gasteiger partial charge in [-0.05, 0) is 54.9 Å². The lowest BCUT2D eigenvalue weighted by Crippen LogP contribution is -2.46. The molecule has 0 aliphatic heterocycles. The Morgan fingerprint density at radius 3 is 1.71 bits per heavy atom. The summed E-state index contributed by atoms with van der Waals surface area (Å²) in [6, 6.07) is -1.08. The molecule has 0 aliphatic rings. The number of aliphatic carboxylic acids is 2. The van der Waals surface area contributed by atoms with Crippen molar-refractivity contribution in [3.05, 3.63) is 0 Å². The van der Waals surface area contributed by atoms with Gasteiger partial charge in [-0.1, -0.05) is 48.5 Å². The Kier molecular flexibility index (Phi) is 32.8. The highest BCUT2D eigenvalue weighted by atomic mass is 32.2. The second-order valence-electron chi connectivity index (χ2n) is 16.3. The SMILES string of the molecule is CC(CCOCCOCCC(=O)NCCCC[C@H](NC(=O)C(C)(C)CCCC(=O)O)C(=O)O)CNC(=O)CCC(=O)N(CCNC(=O)CSC(C)C)CCNC(=O)CSC(C)C. The molecular formula is C42H76N6O12S2. The summed E-state index contributed by atoms with van der Waals surface area (Å²) in [5.74, 6) is -2.69. The summed E-state index contributed by atoms with van der Waals surface area (Å²) < 4.78 is 11.1. The van der Waals surface area contributed by atoms with Gasteiger partial charge in [0.05, 0.1) is 31.3 Å². The third kappa shape index (κ3) is 33.0. The second kappa shape index (κ2) is 34.8. The van der Waals surface area contributed by atoms with E-state index in [2.05, 4.69) is 26.6 Å². The van der Waals surface area contributed by atoms with Crippen LogP contribution in [0.15, 0.2) is 0 Å². The zero-order valence-corrected chi connectivity index (χ0v) is 39.7. The van der Waals surface area contributed by atoms with Crippen molar-refractivity contribution in [2.45, 2.75) is 129 Å². The van der Waals surface area contributed by atoms with Crippen LogP contribution in [0, 0.1) is 11.3 Å². The van der Waals surface area contributed by atoms with Gasteiger partial charge in [0, 0.05) is 77.0 Å². The van der Waals surface area contributed by atoms with Crippen LogP contribution in [0.4, 0.5) is 0 Å². The van der Waals surface area contributed by atoms with Crippen molar-refractivity contribution in [3.63, 3.8) is 0 Å². The average molecular weight is 921 g/mol. The van der Waals surface area contributed by atoms with Crippen LogP contribution in [-0.4, -0.2) is 156 Å². The molecular weight excluding hydrogens is 845 g/mol. The van der Waals surface area contributed by atoms with Gasteiger partial charge in [0.1, 0.15) is 6.04 Å². The Bertz CT molecular complexity index is 1340. The van der Waals surface area contributed by atoms with Crippen LogP contribution in [0.5, 0.6) is 0 Å². The van der Waals surface area contributed by atoms with E-state index in [1.54, 1.807) is 18.7 Å². The number of rotatable bonds is 38. The number of carbonyl (C=O) groups is 8. The topological polar surface area (TPSA) is 259 Å². The minimum Gasteiger partial charge on any atom is -0.481 e. The second-order valence-corrected chi connectivity index (χ2v) is 19.4. The number of amides is 6. The molecule has 0 aliphatic carbocycles. The van der Waals surface area contributed by atoms with Crippen LogP contribution in [-0.2, 0) is 47.8 Å². The fourth-order valence-corrected chi connectivity index (χ4v) is 6.61. The van der Waals surface area contributed by atoms with E-state index in [1.807, 2.05) is 34.6 Å². The van der Waals surface area contributed by atoms with E-state index in [4.69, 9.17) is 14.6 Å².